The topological polar surface area (TPSA) is 62.7 Å². The molecule has 0 atom stereocenters. The van der Waals surface area contributed by atoms with Crippen molar-refractivity contribution in [2.24, 2.45) is 5.92 Å². The van der Waals surface area contributed by atoms with Crippen LogP contribution in [0.4, 0.5) is 0 Å². The molecule has 2 aromatic rings. The first kappa shape index (κ1) is 15.0. The lowest BCUT2D eigenvalue weighted by Gasteiger charge is -2.08. The summed E-state index contributed by atoms with van der Waals surface area (Å²) >= 11 is 5.28. The van der Waals surface area contributed by atoms with E-state index in [2.05, 4.69) is 15.5 Å². The fraction of sp³-hybridized carbons (Fsp3) is 0.438. The summed E-state index contributed by atoms with van der Waals surface area (Å²) in [5.74, 6) is 1.55. The van der Waals surface area contributed by atoms with Crippen molar-refractivity contribution in [3.63, 3.8) is 0 Å². The predicted molar refractivity (Wildman–Crippen MR) is 87.9 cm³/mol. The number of nitrogens with zero attached hydrogens (tertiary/aromatic N) is 2. The van der Waals surface area contributed by atoms with E-state index < -0.39 is 0 Å². The average Bonchev–Trinajstić information content (AvgIpc) is 3.27. The molecule has 0 radical (unpaired) electrons. The predicted octanol–water partition coefficient (Wildman–Crippen LogP) is 2.83. The molecule has 1 heterocycles. The van der Waals surface area contributed by atoms with E-state index in [9.17, 15) is 4.79 Å². The van der Waals surface area contributed by atoms with Crippen LogP contribution in [0.5, 0.6) is 0 Å². The van der Waals surface area contributed by atoms with Gasteiger partial charge in [0, 0.05) is 25.1 Å². The number of hydrogen-bond donors (Lipinski definition) is 2. The largest absolute Gasteiger partial charge is 0.356 e. The molecule has 5 nitrogen and oxygen atoms in total. The lowest BCUT2D eigenvalue weighted by atomic mass is 10.1. The van der Waals surface area contributed by atoms with Crippen molar-refractivity contribution in [2.45, 2.75) is 32.7 Å². The third-order valence-electron chi connectivity index (χ3n) is 3.92. The van der Waals surface area contributed by atoms with Crippen LogP contribution in [0, 0.1) is 17.6 Å². The lowest BCUT2D eigenvalue weighted by molar-refractivity contribution is -0.121. The molecule has 0 aliphatic heterocycles. The van der Waals surface area contributed by atoms with Gasteiger partial charge in [0.15, 0.2) is 10.6 Å². The maximum absolute atomic E-state index is 11.9. The summed E-state index contributed by atoms with van der Waals surface area (Å²) in [6.45, 7) is 3.39. The number of carbonyl (C=O) groups excluding carboxylic acids is 1. The molecular formula is C16H20N4OS. The lowest BCUT2D eigenvalue weighted by Crippen LogP contribution is -2.26. The Labute approximate surface area is 134 Å². The van der Waals surface area contributed by atoms with E-state index in [4.69, 9.17) is 12.2 Å². The molecule has 1 aromatic carbocycles. The maximum Gasteiger partial charge on any atom is 0.221 e. The van der Waals surface area contributed by atoms with Gasteiger partial charge in [-0.1, -0.05) is 29.8 Å². The van der Waals surface area contributed by atoms with Gasteiger partial charge in [-0.2, -0.15) is 5.10 Å². The maximum atomic E-state index is 11.9. The molecule has 3 rings (SSSR count). The summed E-state index contributed by atoms with van der Waals surface area (Å²) in [5.41, 5.74) is 2.19. The summed E-state index contributed by atoms with van der Waals surface area (Å²) < 4.78 is 2.43. The van der Waals surface area contributed by atoms with Crippen LogP contribution in [-0.4, -0.2) is 27.2 Å². The summed E-state index contributed by atoms with van der Waals surface area (Å²) in [6, 6.07) is 8.12. The average molecular weight is 316 g/mol. The zero-order valence-electron chi connectivity index (χ0n) is 12.6. The van der Waals surface area contributed by atoms with E-state index in [-0.39, 0.29) is 5.91 Å². The number of nitrogens with one attached hydrogen (secondary N) is 2. The third kappa shape index (κ3) is 3.62. The monoisotopic (exact) mass is 316 g/mol. The van der Waals surface area contributed by atoms with Crippen LogP contribution in [0.2, 0.25) is 0 Å². The van der Waals surface area contributed by atoms with Gasteiger partial charge in [-0.15, -0.1) is 0 Å². The zero-order chi connectivity index (χ0) is 15.5. The Morgan fingerprint density at radius 1 is 1.41 bits per heavy atom. The Kier molecular flexibility index (Phi) is 4.38. The molecule has 0 bridgehead atoms. The SMILES string of the molecule is Cc1ccc(-c2n[nH]c(=S)n2CCC(=O)NCC2CC2)cc1. The third-order valence-corrected chi connectivity index (χ3v) is 4.23. The Morgan fingerprint density at radius 2 is 2.14 bits per heavy atom. The molecule has 1 aromatic heterocycles. The first-order chi connectivity index (χ1) is 10.6. The van der Waals surface area contributed by atoms with Gasteiger partial charge in [-0.05, 0) is 37.9 Å². The van der Waals surface area contributed by atoms with Crippen LogP contribution in [0.15, 0.2) is 24.3 Å². The molecule has 0 spiro atoms. The number of hydrogen-bond acceptors (Lipinski definition) is 3. The van der Waals surface area contributed by atoms with Crippen molar-refractivity contribution in [3.8, 4) is 11.4 Å². The van der Waals surface area contributed by atoms with Crippen molar-refractivity contribution in [1.29, 1.82) is 0 Å². The van der Waals surface area contributed by atoms with Crippen molar-refractivity contribution < 1.29 is 4.79 Å². The van der Waals surface area contributed by atoms with E-state index in [0.717, 1.165) is 17.9 Å². The fourth-order valence-corrected chi connectivity index (χ4v) is 2.55. The minimum atomic E-state index is 0.0739. The highest BCUT2D eigenvalue weighted by Gasteiger charge is 2.21. The molecule has 1 fully saturated rings. The van der Waals surface area contributed by atoms with Crippen LogP contribution in [0.1, 0.15) is 24.8 Å². The molecule has 2 N–H and O–H groups in total. The van der Waals surface area contributed by atoms with E-state index in [1.54, 1.807) is 0 Å². The first-order valence-electron chi connectivity index (χ1n) is 7.62. The van der Waals surface area contributed by atoms with Crippen molar-refractivity contribution in [3.05, 3.63) is 34.6 Å². The highest BCUT2D eigenvalue weighted by Crippen LogP contribution is 2.27. The Bertz CT molecular complexity index is 712. The van der Waals surface area contributed by atoms with E-state index in [1.165, 1.54) is 18.4 Å². The van der Waals surface area contributed by atoms with Crippen LogP contribution in [0.25, 0.3) is 11.4 Å². The molecule has 6 heteroatoms. The second-order valence-electron chi connectivity index (χ2n) is 5.87. The molecule has 1 saturated carbocycles. The normalized spacial score (nSPS) is 14.0. The number of amides is 1. The Morgan fingerprint density at radius 3 is 2.82 bits per heavy atom. The van der Waals surface area contributed by atoms with Crippen LogP contribution in [0.3, 0.4) is 0 Å². The molecule has 1 aliphatic carbocycles. The van der Waals surface area contributed by atoms with Crippen molar-refractivity contribution >= 4 is 18.1 Å². The molecule has 1 aliphatic rings. The zero-order valence-corrected chi connectivity index (χ0v) is 13.4. The summed E-state index contributed by atoms with van der Waals surface area (Å²) in [5, 5.41) is 10.1. The van der Waals surface area contributed by atoms with Gasteiger partial charge in [-0.3, -0.25) is 14.5 Å². The van der Waals surface area contributed by atoms with E-state index in [1.807, 2.05) is 35.8 Å². The summed E-state index contributed by atoms with van der Waals surface area (Å²) in [7, 11) is 0. The number of aromatic amines is 1. The van der Waals surface area contributed by atoms with Crippen LogP contribution in [-0.2, 0) is 11.3 Å². The second kappa shape index (κ2) is 6.44. The van der Waals surface area contributed by atoms with Gasteiger partial charge in [0.05, 0.1) is 0 Å². The number of carbonyl (C=O) groups is 1. The summed E-state index contributed by atoms with van der Waals surface area (Å²) in [6.07, 6.45) is 2.90. The van der Waals surface area contributed by atoms with Crippen molar-refractivity contribution in [1.82, 2.24) is 20.1 Å². The molecule has 0 unspecified atom stereocenters. The van der Waals surface area contributed by atoms with Gasteiger partial charge < -0.3 is 5.32 Å². The molecular weight excluding hydrogens is 296 g/mol. The van der Waals surface area contributed by atoms with Gasteiger partial charge in [0.25, 0.3) is 0 Å². The minimum absolute atomic E-state index is 0.0739. The minimum Gasteiger partial charge on any atom is -0.356 e. The molecule has 0 saturated heterocycles. The highest BCUT2D eigenvalue weighted by atomic mass is 32.1. The Hall–Kier alpha value is -1.95. The van der Waals surface area contributed by atoms with Gasteiger partial charge in [0.2, 0.25) is 5.91 Å². The van der Waals surface area contributed by atoms with Crippen molar-refractivity contribution in [2.75, 3.05) is 6.54 Å². The fourth-order valence-electron chi connectivity index (χ4n) is 2.33. The highest BCUT2D eigenvalue weighted by molar-refractivity contribution is 7.71. The smallest absolute Gasteiger partial charge is 0.221 e. The van der Waals surface area contributed by atoms with E-state index >= 15 is 0 Å². The van der Waals surface area contributed by atoms with Crippen LogP contribution >= 0.6 is 12.2 Å². The number of H-pyrrole nitrogens is 1. The second-order valence-corrected chi connectivity index (χ2v) is 6.25. The number of aromatic nitrogens is 3. The Balaban J connectivity index is 1.67. The molecule has 1 amide bonds. The first-order valence-corrected chi connectivity index (χ1v) is 8.03. The van der Waals surface area contributed by atoms with Crippen LogP contribution < -0.4 is 5.32 Å². The quantitative estimate of drug-likeness (QED) is 0.806. The van der Waals surface area contributed by atoms with Gasteiger partial charge in [0.1, 0.15) is 0 Å². The van der Waals surface area contributed by atoms with Gasteiger partial charge in [-0.25, -0.2) is 0 Å². The molecule has 116 valence electrons. The molecule has 22 heavy (non-hydrogen) atoms. The number of rotatable bonds is 6. The number of aryl methyl sites for hydroxylation is 1. The van der Waals surface area contributed by atoms with E-state index in [0.29, 0.717) is 23.7 Å². The summed E-state index contributed by atoms with van der Waals surface area (Å²) in [4.78, 5) is 11.9. The number of benzene rings is 1. The van der Waals surface area contributed by atoms with Gasteiger partial charge >= 0.3 is 0 Å². The standard InChI is InChI=1S/C16H20N4OS/c1-11-2-6-13(7-3-11)15-18-19-16(22)20(15)9-8-14(21)17-10-12-4-5-12/h2-3,6-7,12H,4-5,8-10H2,1H3,(H,17,21)(H,19,22).